The second-order valence-corrected chi connectivity index (χ2v) is 8.89. The van der Waals surface area contributed by atoms with Crippen LogP contribution < -0.4 is 0 Å². The molecule has 0 bridgehead atoms. The molecule has 0 radical (unpaired) electrons. The Bertz CT molecular complexity index is 660. The predicted octanol–water partition coefficient (Wildman–Crippen LogP) is 3.92. The molecule has 204 valence electrons. The number of piperidine rings is 1. The molecule has 0 spiro atoms. The van der Waals surface area contributed by atoms with Crippen molar-refractivity contribution in [3.05, 3.63) is 0 Å². The van der Waals surface area contributed by atoms with Crippen LogP contribution in [0.25, 0.3) is 0 Å². The van der Waals surface area contributed by atoms with Crippen LogP contribution in [0, 0.1) is 0 Å². The summed E-state index contributed by atoms with van der Waals surface area (Å²) in [7, 11) is 0. The number of nitrogens with zero attached hydrogens (tertiary/aromatic N) is 1. The van der Waals surface area contributed by atoms with Gasteiger partial charge < -0.3 is 19.3 Å². The first-order valence-electron chi connectivity index (χ1n) is 12.6. The Morgan fingerprint density at radius 1 is 0.886 bits per heavy atom. The zero-order valence-electron chi connectivity index (χ0n) is 21.0. The van der Waals surface area contributed by atoms with Crippen molar-refractivity contribution in [2.45, 2.75) is 116 Å². The lowest BCUT2D eigenvalue weighted by Crippen LogP contribution is -2.64. The van der Waals surface area contributed by atoms with E-state index in [1.165, 1.54) is 0 Å². The monoisotopic (exact) mass is 511 g/mol. The number of aliphatic hydroxyl groups excluding tert-OH is 1. The van der Waals surface area contributed by atoms with E-state index in [1.54, 1.807) is 11.8 Å². The molecule has 1 aliphatic heterocycles. The summed E-state index contributed by atoms with van der Waals surface area (Å²) in [5, 5.41) is 11.0. The van der Waals surface area contributed by atoms with Gasteiger partial charge in [-0.3, -0.25) is 19.3 Å². The number of carbonyl (C=O) groups is 3. The third-order valence-corrected chi connectivity index (χ3v) is 5.71. The normalized spacial score (nSPS) is 23.1. The Labute approximate surface area is 205 Å². The van der Waals surface area contributed by atoms with Crippen LogP contribution in [0.5, 0.6) is 0 Å². The molecule has 0 amide bonds. The van der Waals surface area contributed by atoms with Gasteiger partial charge in [-0.2, -0.15) is 13.2 Å². The van der Waals surface area contributed by atoms with Crippen LogP contribution in [0.15, 0.2) is 0 Å². The fraction of sp³-hybridized carbons (Fsp3) is 0.875. The van der Waals surface area contributed by atoms with Crippen LogP contribution in [0.4, 0.5) is 13.2 Å². The molecular formula is C24H40F3NO7. The first kappa shape index (κ1) is 31.2. The number of hydrogen-bond donors (Lipinski definition) is 1. The molecule has 0 aliphatic carbocycles. The first-order chi connectivity index (χ1) is 16.5. The van der Waals surface area contributed by atoms with Gasteiger partial charge in [0, 0.05) is 32.2 Å². The van der Waals surface area contributed by atoms with Crippen molar-refractivity contribution >= 4 is 17.9 Å². The van der Waals surface area contributed by atoms with E-state index in [1.807, 2.05) is 13.8 Å². The number of ether oxygens (including phenoxy) is 3. The van der Waals surface area contributed by atoms with Crippen LogP contribution in [0.3, 0.4) is 0 Å². The fourth-order valence-electron chi connectivity index (χ4n) is 3.95. The van der Waals surface area contributed by atoms with E-state index < -0.39 is 54.9 Å². The maximum atomic E-state index is 12.5. The third kappa shape index (κ3) is 12.1. The number of aliphatic hydroxyl groups is 1. The molecule has 1 fully saturated rings. The Hall–Kier alpha value is -1.88. The van der Waals surface area contributed by atoms with Crippen molar-refractivity contribution in [2.24, 2.45) is 0 Å². The van der Waals surface area contributed by atoms with E-state index in [2.05, 4.69) is 0 Å². The maximum absolute atomic E-state index is 12.5. The molecule has 1 rings (SSSR count). The number of halogens is 3. The van der Waals surface area contributed by atoms with E-state index >= 15 is 0 Å². The van der Waals surface area contributed by atoms with E-state index in [4.69, 9.17) is 14.2 Å². The lowest BCUT2D eigenvalue weighted by atomic mass is 9.93. The minimum absolute atomic E-state index is 0.0278. The minimum atomic E-state index is -4.22. The lowest BCUT2D eigenvalue weighted by Gasteiger charge is -2.46. The molecule has 0 unspecified atom stereocenters. The average Bonchev–Trinajstić information content (AvgIpc) is 2.75. The summed E-state index contributed by atoms with van der Waals surface area (Å²) in [5.74, 6) is -1.50. The summed E-state index contributed by atoms with van der Waals surface area (Å²) < 4.78 is 53.8. The molecule has 35 heavy (non-hydrogen) atoms. The Morgan fingerprint density at radius 2 is 1.46 bits per heavy atom. The number of esters is 3. The molecule has 11 heteroatoms. The second kappa shape index (κ2) is 16.0. The van der Waals surface area contributed by atoms with Gasteiger partial charge in [0.25, 0.3) is 0 Å². The zero-order valence-corrected chi connectivity index (χ0v) is 21.0. The molecular weight excluding hydrogens is 471 g/mol. The summed E-state index contributed by atoms with van der Waals surface area (Å²) in [4.78, 5) is 38.2. The van der Waals surface area contributed by atoms with Gasteiger partial charge in [0.1, 0.15) is 24.9 Å². The van der Waals surface area contributed by atoms with Crippen LogP contribution in [0.2, 0.25) is 0 Å². The number of unbranched alkanes of at least 4 members (excludes halogenated alkanes) is 2. The topological polar surface area (TPSA) is 102 Å². The van der Waals surface area contributed by atoms with Gasteiger partial charge in [-0.1, -0.05) is 27.2 Å². The zero-order chi connectivity index (χ0) is 26.4. The van der Waals surface area contributed by atoms with E-state index in [0.29, 0.717) is 38.6 Å². The summed E-state index contributed by atoms with van der Waals surface area (Å²) in [6.45, 7) is 5.63. The van der Waals surface area contributed by atoms with Crippen LogP contribution in [0.1, 0.15) is 85.0 Å². The fourth-order valence-corrected chi connectivity index (χ4v) is 3.95. The van der Waals surface area contributed by atoms with Crippen LogP contribution in [-0.2, 0) is 28.6 Å². The molecule has 0 aromatic rings. The summed E-state index contributed by atoms with van der Waals surface area (Å²) in [6, 6.07) is -0.727. The summed E-state index contributed by atoms with van der Waals surface area (Å²) in [6.07, 6.45) is -5.76. The number of likely N-dealkylation sites (tertiary alicyclic amines) is 1. The van der Waals surface area contributed by atoms with Gasteiger partial charge >= 0.3 is 24.1 Å². The number of alkyl halides is 3. The second-order valence-electron chi connectivity index (χ2n) is 8.89. The van der Waals surface area contributed by atoms with Crippen molar-refractivity contribution in [1.29, 1.82) is 0 Å². The Kier molecular flexibility index (Phi) is 14.2. The summed E-state index contributed by atoms with van der Waals surface area (Å²) >= 11 is 0. The van der Waals surface area contributed by atoms with Crippen LogP contribution in [-0.4, -0.2) is 78.1 Å². The highest BCUT2D eigenvalue weighted by atomic mass is 19.4. The predicted molar refractivity (Wildman–Crippen MR) is 121 cm³/mol. The SMILES string of the molecule is CCCC(=O)OC[C@@H]1[C@@H](OC(=O)CCC)[C@H](O)[C@@H](OC(=O)CCC)CN1CCCCCC(F)(F)F. The Balaban J connectivity index is 3.04. The first-order valence-corrected chi connectivity index (χ1v) is 12.6. The number of rotatable bonds is 15. The molecule has 8 nitrogen and oxygen atoms in total. The molecule has 4 atom stereocenters. The molecule has 0 aromatic carbocycles. The van der Waals surface area contributed by atoms with E-state index in [0.717, 1.165) is 0 Å². The standard InChI is InChI=1S/C24H40F3NO7/c1-4-10-19(29)33-16-17-23(35-21(31)12-6-3)22(32)18(34-20(30)11-5-2)15-28(17)14-9-7-8-13-24(25,26)27/h17-18,22-23,32H,4-16H2,1-3H3/t17-,18+,22-,23-/m1/s1. The minimum Gasteiger partial charge on any atom is -0.464 e. The number of carbonyl (C=O) groups excluding carboxylic acids is 3. The smallest absolute Gasteiger partial charge is 0.389 e. The quantitative estimate of drug-likeness (QED) is 0.201. The third-order valence-electron chi connectivity index (χ3n) is 5.71. The lowest BCUT2D eigenvalue weighted by molar-refractivity contribution is -0.197. The van der Waals surface area contributed by atoms with Crippen molar-refractivity contribution in [1.82, 2.24) is 4.90 Å². The molecule has 1 heterocycles. The highest BCUT2D eigenvalue weighted by Gasteiger charge is 2.47. The maximum Gasteiger partial charge on any atom is 0.389 e. The van der Waals surface area contributed by atoms with Gasteiger partial charge in [-0.05, 0) is 38.6 Å². The van der Waals surface area contributed by atoms with Crippen molar-refractivity contribution in [3.63, 3.8) is 0 Å². The van der Waals surface area contributed by atoms with E-state index in [9.17, 15) is 32.7 Å². The van der Waals surface area contributed by atoms with Crippen molar-refractivity contribution in [3.8, 4) is 0 Å². The average molecular weight is 512 g/mol. The van der Waals surface area contributed by atoms with Gasteiger partial charge in [-0.15, -0.1) is 0 Å². The molecule has 0 aromatic heterocycles. The van der Waals surface area contributed by atoms with Crippen LogP contribution >= 0.6 is 0 Å². The largest absolute Gasteiger partial charge is 0.464 e. The van der Waals surface area contributed by atoms with Gasteiger partial charge in [0.15, 0.2) is 0 Å². The summed E-state index contributed by atoms with van der Waals surface area (Å²) in [5.41, 5.74) is 0. The highest BCUT2D eigenvalue weighted by molar-refractivity contribution is 5.70. The highest BCUT2D eigenvalue weighted by Crippen LogP contribution is 2.27. The van der Waals surface area contributed by atoms with E-state index in [-0.39, 0.29) is 38.8 Å². The van der Waals surface area contributed by atoms with Gasteiger partial charge in [-0.25, -0.2) is 0 Å². The van der Waals surface area contributed by atoms with Gasteiger partial charge in [0.2, 0.25) is 0 Å². The molecule has 1 saturated heterocycles. The van der Waals surface area contributed by atoms with Crippen molar-refractivity contribution < 1.29 is 46.9 Å². The molecule has 1 aliphatic rings. The van der Waals surface area contributed by atoms with Gasteiger partial charge in [0.05, 0.1) is 6.04 Å². The molecule has 0 saturated carbocycles. The molecule has 1 N–H and O–H groups in total. The number of hydrogen-bond acceptors (Lipinski definition) is 8. The Morgan fingerprint density at radius 3 is 2.03 bits per heavy atom. The van der Waals surface area contributed by atoms with Crippen molar-refractivity contribution in [2.75, 3.05) is 19.7 Å².